The minimum Gasteiger partial charge on any atom is -0.359 e. The number of aromatic nitrogens is 1. The minimum absolute atomic E-state index is 0.0243. The summed E-state index contributed by atoms with van der Waals surface area (Å²) in [5.74, 6) is 0.991. The fourth-order valence-corrected chi connectivity index (χ4v) is 9.26. The van der Waals surface area contributed by atoms with Gasteiger partial charge in [0.15, 0.2) is 0 Å². The molecule has 6 atom stereocenters. The molecule has 0 amide bonds. The van der Waals surface area contributed by atoms with Gasteiger partial charge in [-0.1, -0.05) is 31.2 Å². The van der Waals surface area contributed by atoms with Gasteiger partial charge in [0.25, 0.3) is 0 Å². The van der Waals surface area contributed by atoms with Crippen LogP contribution in [-0.4, -0.2) is 42.9 Å². The minimum atomic E-state index is -3.45. The Labute approximate surface area is 219 Å². The normalized spacial score (nSPS) is 38.5. The Balaban J connectivity index is 1.17. The third-order valence-electron chi connectivity index (χ3n) is 10.6. The van der Waals surface area contributed by atoms with Gasteiger partial charge in [-0.3, -0.25) is 4.98 Å². The zero-order chi connectivity index (χ0) is 25.5. The number of nitrogens with zero attached hydrogens (tertiary/aromatic N) is 1. The average molecular weight is 520 g/mol. The second-order valence-corrected chi connectivity index (χ2v) is 14.2. The van der Waals surface area contributed by atoms with Crippen molar-refractivity contribution in [3.8, 4) is 0 Å². The van der Waals surface area contributed by atoms with E-state index in [2.05, 4.69) is 53.6 Å². The Morgan fingerprint density at radius 1 is 1.16 bits per heavy atom. The van der Waals surface area contributed by atoms with Gasteiger partial charge in [0.1, 0.15) is 0 Å². The van der Waals surface area contributed by atoms with Crippen LogP contribution in [-0.2, 0) is 14.8 Å². The predicted molar refractivity (Wildman–Crippen MR) is 145 cm³/mol. The first-order valence-corrected chi connectivity index (χ1v) is 15.6. The molecule has 3 aliphatic carbocycles. The second kappa shape index (κ2) is 8.22. The highest BCUT2D eigenvalue weighted by molar-refractivity contribution is 7.89. The molecule has 2 aliphatic heterocycles. The molecule has 3 N–H and O–H groups in total. The van der Waals surface area contributed by atoms with Crippen molar-refractivity contribution in [2.75, 3.05) is 12.3 Å². The molecule has 1 aromatic carbocycles. The summed E-state index contributed by atoms with van der Waals surface area (Å²) >= 11 is 0. The van der Waals surface area contributed by atoms with Crippen LogP contribution >= 0.6 is 0 Å². The molecule has 3 fully saturated rings. The van der Waals surface area contributed by atoms with Gasteiger partial charge < -0.3 is 10.1 Å². The molecule has 7 heteroatoms. The number of nitrogens with two attached hydrogens (primary N) is 1. The first kappa shape index (κ1) is 24.0. The average Bonchev–Trinajstić information content (AvgIpc) is 3.38. The van der Waals surface area contributed by atoms with E-state index in [0.717, 1.165) is 38.5 Å². The molecule has 2 bridgehead atoms. The van der Waals surface area contributed by atoms with E-state index < -0.39 is 10.0 Å². The van der Waals surface area contributed by atoms with Crippen LogP contribution in [0.4, 0.5) is 0 Å². The molecular weight excluding hydrogens is 482 g/mol. The van der Waals surface area contributed by atoms with Crippen LogP contribution in [0, 0.1) is 11.3 Å². The van der Waals surface area contributed by atoms with Gasteiger partial charge in [-0.25, -0.2) is 13.6 Å². The molecule has 1 aromatic heterocycles. The van der Waals surface area contributed by atoms with Gasteiger partial charge in [0, 0.05) is 30.4 Å². The van der Waals surface area contributed by atoms with E-state index in [9.17, 15) is 8.42 Å². The highest BCUT2D eigenvalue weighted by Gasteiger charge is 2.66. The molecule has 196 valence electrons. The standard InChI is InChI=1S/C30H37N3O3S/c1-28-10-8-24-17-23-4-5-25(33-14-15-37(31,34)35)18-29(23)11-12-30(24,36-29)27(28)7-6-26(28)21-3-2-20-9-13-32-19-22(20)16-21/h2-3,8-9,13,16-17,19,25-27,33H,4-7,10-12,14-15,18H2,1H3,(H2,31,34,35)/t25?,26?,27-,28?,29-,30-/m1/s1. The Kier molecular flexibility index (Phi) is 5.33. The van der Waals surface area contributed by atoms with E-state index >= 15 is 0 Å². The molecule has 7 rings (SSSR count). The van der Waals surface area contributed by atoms with E-state index in [-0.39, 0.29) is 28.4 Å². The summed E-state index contributed by atoms with van der Waals surface area (Å²) in [5.41, 5.74) is 4.10. The van der Waals surface area contributed by atoms with Crippen molar-refractivity contribution < 1.29 is 13.2 Å². The summed E-state index contributed by atoms with van der Waals surface area (Å²) in [6, 6.07) is 9.31. The maximum atomic E-state index is 11.4. The fraction of sp³-hybridized carbons (Fsp3) is 0.567. The van der Waals surface area contributed by atoms with Crippen LogP contribution < -0.4 is 10.5 Å². The van der Waals surface area contributed by atoms with Gasteiger partial charge in [0.05, 0.1) is 17.0 Å². The fourth-order valence-electron chi connectivity index (χ4n) is 8.85. The molecule has 5 aliphatic rings. The Hall–Kier alpha value is -2.06. The number of pyridine rings is 1. The van der Waals surface area contributed by atoms with Crippen molar-refractivity contribution in [1.29, 1.82) is 0 Å². The van der Waals surface area contributed by atoms with Crippen LogP contribution in [0.5, 0.6) is 0 Å². The molecule has 2 spiro atoms. The summed E-state index contributed by atoms with van der Waals surface area (Å²) in [6.45, 7) is 2.91. The Morgan fingerprint density at radius 3 is 2.92 bits per heavy atom. The third kappa shape index (κ3) is 3.68. The molecule has 3 heterocycles. The molecule has 1 saturated heterocycles. The predicted octanol–water partition coefficient (Wildman–Crippen LogP) is 4.72. The van der Waals surface area contributed by atoms with Crippen LogP contribution in [0.15, 0.2) is 60.0 Å². The number of nitrogens with one attached hydrogen (secondary N) is 1. The van der Waals surface area contributed by atoms with Crippen molar-refractivity contribution in [3.63, 3.8) is 0 Å². The number of hydrogen-bond acceptors (Lipinski definition) is 5. The van der Waals surface area contributed by atoms with E-state index in [1.54, 1.807) is 0 Å². The number of benzene rings is 1. The van der Waals surface area contributed by atoms with Crippen LogP contribution in [0.3, 0.4) is 0 Å². The van der Waals surface area contributed by atoms with E-state index in [4.69, 9.17) is 9.88 Å². The summed E-state index contributed by atoms with van der Waals surface area (Å²) in [7, 11) is -3.45. The number of ether oxygens (including phenoxy) is 1. The molecule has 3 unspecified atom stereocenters. The van der Waals surface area contributed by atoms with Gasteiger partial charge >= 0.3 is 0 Å². The van der Waals surface area contributed by atoms with Crippen LogP contribution in [0.1, 0.15) is 69.8 Å². The summed E-state index contributed by atoms with van der Waals surface area (Å²) in [5, 5.41) is 11.2. The molecular formula is C30H37N3O3S. The summed E-state index contributed by atoms with van der Waals surface area (Å²) in [4.78, 5) is 4.36. The zero-order valence-electron chi connectivity index (χ0n) is 21.6. The lowest BCUT2D eigenvalue weighted by atomic mass is 9.58. The number of primary sulfonamides is 1. The quantitative estimate of drug-likeness (QED) is 0.596. The van der Waals surface area contributed by atoms with Crippen molar-refractivity contribution in [2.24, 2.45) is 16.5 Å². The number of rotatable bonds is 5. The Morgan fingerprint density at radius 2 is 2.05 bits per heavy atom. The number of sulfonamides is 1. The topological polar surface area (TPSA) is 94.3 Å². The van der Waals surface area contributed by atoms with Crippen LogP contribution in [0.2, 0.25) is 0 Å². The van der Waals surface area contributed by atoms with E-state index in [0.29, 0.717) is 18.4 Å². The van der Waals surface area contributed by atoms with E-state index in [1.165, 1.54) is 40.3 Å². The molecule has 37 heavy (non-hydrogen) atoms. The largest absolute Gasteiger partial charge is 0.359 e. The first-order chi connectivity index (χ1) is 17.7. The smallest absolute Gasteiger partial charge is 0.210 e. The number of hydrogen-bond donors (Lipinski definition) is 2. The zero-order valence-corrected chi connectivity index (χ0v) is 22.4. The van der Waals surface area contributed by atoms with Gasteiger partial charge in [-0.15, -0.1) is 0 Å². The lowest BCUT2D eigenvalue weighted by Gasteiger charge is -2.54. The maximum Gasteiger partial charge on any atom is 0.210 e. The lowest BCUT2D eigenvalue weighted by molar-refractivity contribution is -0.136. The SMILES string of the molecule is CC12CC=C3C=C4CCC(NCCS(N)(=O)=O)C[C@]45CC[C@]3(O5)[C@@H]1CCC2c1ccc2ccncc2c1. The van der Waals surface area contributed by atoms with Gasteiger partial charge in [0.2, 0.25) is 10.0 Å². The van der Waals surface area contributed by atoms with Crippen molar-refractivity contribution in [1.82, 2.24) is 10.3 Å². The first-order valence-electron chi connectivity index (χ1n) is 13.9. The maximum absolute atomic E-state index is 11.4. The summed E-state index contributed by atoms with van der Waals surface area (Å²) in [6.07, 6.45) is 17.4. The van der Waals surface area contributed by atoms with Gasteiger partial charge in [-0.05, 0) is 103 Å². The van der Waals surface area contributed by atoms with Crippen molar-refractivity contribution in [2.45, 2.75) is 81.5 Å². The van der Waals surface area contributed by atoms with E-state index in [1.807, 2.05) is 12.4 Å². The monoisotopic (exact) mass is 519 g/mol. The van der Waals surface area contributed by atoms with Crippen LogP contribution in [0.25, 0.3) is 10.8 Å². The van der Waals surface area contributed by atoms with Crippen molar-refractivity contribution in [3.05, 3.63) is 65.5 Å². The van der Waals surface area contributed by atoms with Gasteiger partial charge in [-0.2, -0.15) is 0 Å². The number of allylic oxidation sites excluding steroid dienone is 1. The molecule has 0 radical (unpaired) electrons. The number of fused-ring (bicyclic) bond motifs is 2. The highest BCUT2D eigenvalue weighted by Crippen LogP contribution is 2.69. The summed E-state index contributed by atoms with van der Waals surface area (Å²) < 4.78 is 30.2. The molecule has 2 saturated carbocycles. The lowest BCUT2D eigenvalue weighted by Crippen LogP contribution is -2.55. The Bertz CT molecular complexity index is 1430. The third-order valence-corrected chi connectivity index (χ3v) is 11.3. The molecule has 6 nitrogen and oxygen atoms in total. The van der Waals surface area contributed by atoms with Crippen molar-refractivity contribution >= 4 is 20.8 Å². The molecule has 2 aromatic rings. The second-order valence-electron chi connectivity index (χ2n) is 12.5. The highest BCUT2D eigenvalue weighted by atomic mass is 32.2.